The van der Waals surface area contributed by atoms with Gasteiger partial charge in [0.25, 0.3) is 5.91 Å². The van der Waals surface area contributed by atoms with Gasteiger partial charge in [-0.15, -0.1) is 10.2 Å². The Kier molecular flexibility index (Phi) is 6.86. The number of rotatable bonds is 6. The minimum atomic E-state index is -0.288. The summed E-state index contributed by atoms with van der Waals surface area (Å²) >= 11 is 3.18. The van der Waals surface area contributed by atoms with Crippen LogP contribution in [0.1, 0.15) is 27.7 Å². The Bertz CT molecular complexity index is 883. The van der Waals surface area contributed by atoms with Crippen LogP contribution in [0.5, 0.6) is 5.75 Å². The largest absolute Gasteiger partial charge is 0.497 e. The number of hydrogen-bond donors (Lipinski definition) is 1. The molecule has 2 aliphatic heterocycles. The van der Waals surface area contributed by atoms with Gasteiger partial charge in [0.15, 0.2) is 0 Å². The average Bonchev–Trinajstić information content (AvgIpc) is 3.44. The molecule has 1 aromatic carbocycles. The van der Waals surface area contributed by atoms with Gasteiger partial charge in [0, 0.05) is 30.3 Å². The van der Waals surface area contributed by atoms with Crippen LogP contribution in [0.25, 0.3) is 0 Å². The molecule has 0 radical (unpaired) electrons. The number of thioether (sulfide) groups is 1. The van der Waals surface area contributed by atoms with Crippen LogP contribution in [-0.4, -0.2) is 76.1 Å². The molecule has 2 amide bonds. The number of benzene rings is 1. The van der Waals surface area contributed by atoms with Crippen molar-refractivity contribution in [2.24, 2.45) is 0 Å². The van der Waals surface area contributed by atoms with E-state index >= 15 is 0 Å². The molecule has 0 spiro atoms. The van der Waals surface area contributed by atoms with Gasteiger partial charge in [0.2, 0.25) is 10.9 Å². The maximum absolute atomic E-state index is 12.9. The molecule has 3 heterocycles. The lowest BCUT2D eigenvalue weighted by Crippen LogP contribution is -2.48. The van der Waals surface area contributed by atoms with Crippen molar-refractivity contribution >= 4 is 40.6 Å². The normalized spacial score (nSPS) is 19.6. The van der Waals surface area contributed by atoms with Gasteiger partial charge >= 0.3 is 0 Å². The summed E-state index contributed by atoms with van der Waals surface area (Å²) < 4.78 is 5.12. The quantitative estimate of drug-likeness (QED) is 0.727. The van der Waals surface area contributed by atoms with Gasteiger partial charge in [0.05, 0.1) is 19.7 Å². The molecule has 0 saturated carbocycles. The Hall–Kier alpha value is -2.17. The fourth-order valence-corrected chi connectivity index (χ4v) is 5.40. The van der Waals surface area contributed by atoms with Gasteiger partial charge in [-0.25, -0.2) is 0 Å². The zero-order valence-electron chi connectivity index (χ0n) is 16.9. The number of likely N-dealkylation sites (tertiary alicyclic amines) is 1. The van der Waals surface area contributed by atoms with Gasteiger partial charge in [-0.2, -0.15) is 11.8 Å². The van der Waals surface area contributed by atoms with Crippen LogP contribution < -0.4 is 10.1 Å². The molecule has 2 aliphatic rings. The maximum atomic E-state index is 12.9. The number of nitrogens with one attached hydrogen (secondary N) is 1. The minimum absolute atomic E-state index is 0.0893. The summed E-state index contributed by atoms with van der Waals surface area (Å²) in [6.45, 7) is 3.09. The second-order valence-corrected chi connectivity index (χ2v) is 9.54. The molecule has 1 atom stereocenters. The number of carbonyl (C=O) groups excluding carboxylic acids is 2. The van der Waals surface area contributed by atoms with Crippen molar-refractivity contribution in [3.8, 4) is 5.75 Å². The molecule has 2 aromatic rings. The SMILES string of the molecule is COc1ccc(NC(=O)c2nnc(CN3CCCC3C(=O)N3CCSCC3)s2)cc1. The summed E-state index contributed by atoms with van der Waals surface area (Å²) in [7, 11) is 1.60. The van der Waals surface area contributed by atoms with Crippen LogP contribution in [0.15, 0.2) is 24.3 Å². The van der Waals surface area contributed by atoms with E-state index in [2.05, 4.69) is 20.4 Å². The summed E-state index contributed by atoms with van der Waals surface area (Å²) in [6, 6.07) is 7.03. The molecule has 1 aromatic heterocycles. The highest BCUT2D eigenvalue weighted by Gasteiger charge is 2.34. The van der Waals surface area contributed by atoms with Gasteiger partial charge in [0.1, 0.15) is 10.8 Å². The molecule has 10 heteroatoms. The van der Waals surface area contributed by atoms with E-state index < -0.39 is 0 Å². The third-order valence-electron chi connectivity index (χ3n) is 5.32. The first-order valence-corrected chi connectivity index (χ1v) is 12.0. The first-order valence-electron chi connectivity index (χ1n) is 10.0. The van der Waals surface area contributed by atoms with Gasteiger partial charge in [-0.3, -0.25) is 14.5 Å². The Morgan fingerprint density at radius 3 is 2.67 bits per heavy atom. The number of aromatic nitrogens is 2. The highest BCUT2D eigenvalue weighted by atomic mass is 32.2. The van der Waals surface area contributed by atoms with Crippen molar-refractivity contribution in [3.63, 3.8) is 0 Å². The second kappa shape index (κ2) is 9.76. The van der Waals surface area contributed by atoms with Crippen LogP contribution in [0.2, 0.25) is 0 Å². The van der Waals surface area contributed by atoms with E-state index in [1.54, 1.807) is 31.4 Å². The van der Waals surface area contributed by atoms with Gasteiger partial charge in [-0.05, 0) is 43.7 Å². The summed E-state index contributed by atoms with van der Waals surface area (Å²) in [5.74, 6) is 2.70. The fraction of sp³-hybridized carbons (Fsp3) is 0.500. The molecule has 160 valence electrons. The van der Waals surface area contributed by atoms with E-state index in [4.69, 9.17) is 4.74 Å². The summed E-state index contributed by atoms with van der Waals surface area (Å²) in [6.07, 6.45) is 1.88. The highest BCUT2D eigenvalue weighted by molar-refractivity contribution is 7.99. The fourth-order valence-electron chi connectivity index (χ4n) is 3.73. The van der Waals surface area contributed by atoms with Crippen LogP contribution in [0, 0.1) is 0 Å². The van der Waals surface area contributed by atoms with E-state index in [9.17, 15) is 9.59 Å². The topological polar surface area (TPSA) is 87.7 Å². The molecule has 1 N–H and O–H groups in total. The monoisotopic (exact) mass is 447 g/mol. The first kappa shape index (κ1) is 21.1. The number of ether oxygens (including phenoxy) is 1. The maximum Gasteiger partial charge on any atom is 0.286 e. The number of amides is 2. The third kappa shape index (κ3) is 4.93. The number of carbonyl (C=O) groups is 2. The lowest BCUT2D eigenvalue weighted by molar-refractivity contribution is -0.135. The summed E-state index contributed by atoms with van der Waals surface area (Å²) in [4.78, 5) is 29.6. The number of nitrogens with zero attached hydrogens (tertiary/aromatic N) is 4. The number of hydrogen-bond acceptors (Lipinski definition) is 8. The van der Waals surface area contributed by atoms with Crippen molar-refractivity contribution in [3.05, 3.63) is 34.3 Å². The Morgan fingerprint density at radius 2 is 1.93 bits per heavy atom. The molecule has 4 rings (SSSR count). The minimum Gasteiger partial charge on any atom is -0.497 e. The zero-order chi connectivity index (χ0) is 20.9. The average molecular weight is 448 g/mol. The van der Waals surface area contributed by atoms with Crippen LogP contribution >= 0.6 is 23.1 Å². The van der Waals surface area contributed by atoms with Gasteiger partial charge in [-0.1, -0.05) is 11.3 Å². The van der Waals surface area contributed by atoms with Crippen molar-refractivity contribution in [2.45, 2.75) is 25.4 Å². The smallest absolute Gasteiger partial charge is 0.286 e. The molecule has 30 heavy (non-hydrogen) atoms. The van der Waals surface area contributed by atoms with E-state index in [1.807, 2.05) is 16.7 Å². The first-order chi connectivity index (χ1) is 14.6. The molecule has 2 fully saturated rings. The number of anilines is 1. The standard InChI is InChI=1S/C20H25N5O3S2/c1-28-15-6-4-14(5-7-15)21-18(26)19-23-22-17(30-19)13-25-8-2-3-16(25)20(27)24-9-11-29-12-10-24/h4-7,16H,2-3,8-13H2,1H3,(H,21,26). The predicted octanol–water partition coefficient (Wildman–Crippen LogP) is 2.34. The van der Waals surface area contributed by atoms with E-state index in [-0.39, 0.29) is 17.9 Å². The summed E-state index contributed by atoms with van der Waals surface area (Å²) in [5.41, 5.74) is 0.669. The number of methoxy groups -OCH3 is 1. The Labute approximate surface area is 184 Å². The zero-order valence-corrected chi connectivity index (χ0v) is 18.5. The molecule has 8 nitrogen and oxygen atoms in total. The van der Waals surface area contributed by atoms with Crippen molar-refractivity contribution in [1.82, 2.24) is 20.0 Å². The van der Waals surface area contributed by atoms with Crippen LogP contribution in [-0.2, 0) is 11.3 Å². The molecule has 0 bridgehead atoms. The lowest BCUT2D eigenvalue weighted by atomic mass is 10.2. The van der Waals surface area contributed by atoms with Crippen LogP contribution in [0.3, 0.4) is 0 Å². The van der Waals surface area contributed by atoms with Crippen LogP contribution in [0.4, 0.5) is 5.69 Å². The van der Waals surface area contributed by atoms with Crippen molar-refractivity contribution in [1.29, 1.82) is 0 Å². The Balaban J connectivity index is 1.36. The third-order valence-corrected chi connectivity index (χ3v) is 7.17. The van der Waals surface area contributed by atoms with Crippen molar-refractivity contribution < 1.29 is 14.3 Å². The van der Waals surface area contributed by atoms with E-state index in [0.717, 1.165) is 54.7 Å². The summed E-state index contributed by atoms with van der Waals surface area (Å²) in [5, 5.41) is 12.1. The second-order valence-electron chi connectivity index (χ2n) is 7.25. The van der Waals surface area contributed by atoms with E-state index in [1.165, 1.54) is 11.3 Å². The molecule has 0 aliphatic carbocycles. The molecular formula is C20H25N5O3S2. The lowest BCUT2D eigenvalue weighted by Gasteiger charge is -2.32. The van der Waals surface area contributed by atoms with Crippen molar-refractivity contribution in [2.75, 3.05) is 43.6 Å². The molecular weight excluding hydrogens is 422 g/mol. The molecule has 1 unspecified atom stereocenters. The highest BCUT2D eigenvalue weighted by Crippen LogP contribution is 2.25. The Morgan fingerprint density at radius 1 is 1.17 bits per heavy atom. The molecule has 2 saturated heterocycles. The van der Waals surface area contributed by atoms with E-state index in [0.29, 0.717) is 17.2 Å². The predicted molar refractivity (Wildman–Crippen MR) is 118 cm³/mol. The van der Waals surface area contributed by atoms with Gasteiger partial charge < -0.3 is 15.0 Å².